The highest BCUT2D eigenvalue weighted by Gasteiger charge is 2.20. The molecule has 1 aliphatic rings. The molecule has 4 aromatic rings. The van der Waals surface area contributed by atoms with Crippen molar-refractivity contribution in [2.75, 3.05) is 0 Å². The van der Waals surface area contributed by atoms with Crippen LogP contribution in [0.1, 0.15) is 5.56 Å². The summed E-state index contributed by atoms with van der Waals surface area (Å²) in [6, 6.07) is 12.4. The van der Waals surface area contributed by atoms with Gasteiger partial charge in [-0.15, -0.1) is 0 Å². The van der Waals surface area contributed by atoms with Crippen molar-refractivity contribution in [1.29, 1.82) is 0 Å². The van der Waals surface area contributed by atoms with Gasteiger partial charge in [0.05, 0.1) is 22.9 Å². The topological polar surface area (TPSA) is 39.9 Å². The lowest BCUT2D eigenvalue weighted by atomic mass is 10.00. The Labute approximate surface area is 140 Å². The lowest BCUT2D eigenvalue weighted by Gasteiger charge is -2.20. The van der Waals surface area contributed by atoms with Gasteiger partial charge in [-0.3, -0.25) is 4.68 Å². The molecule has 112 valence electrons. The molecule has 0 saturated carbocycles. The van der Waals surface area contributed by atoms with E-state index in [9.17, 15) is 0 Å². The fourth-order valence-electron chi connectivity index (χ4n) is 3.22. The fourth-order valence-corrected chi connectivity index (χ4v) is 3.58. The fraction of sp³-hybridized carbons (Fsp3) is 0.111. The summed E-state index contributed by atoms with van der Waals surface area (Å²) < 4.78 is 8.77. The van der Waals surface area contributed by atoms with Gasteiger partial charge in [0.2, 0.25) is 0 Å². The average molecular weight is 366 g/mol. The summed E-state index contributed by atoms with van der Waals surface area (Å²) in [6.45, 7) is 0.554. The number of benzene rings is 2. The van der Waals surface area contributed by atoms with Gasteiger partial charge in [0, 0.05) is 33.4 Å². The molecule has 0 amide bonds. The van der Waals surface area contributed by atoms with Gasteiger partial charge in [-0.25, -0.2) is 4.98 Å². The minimum Gasteiger partial charge on any atom is -0.488 e. The maximum Gasteiger partial charge on any atom is 0.129 e. The molecule has 0 saturated heterocycles. The highest BCUT2D eigenvalue weighted by molar-refractivity contribution is 9.10. The molecule has 0 aliphatic carbocycles. The van der Waals surface area contributed by atoms with Crippen LogP contribution in [-0.2, 0) is 13.7 Å². The van der Waals surface area contributed by atoms with Gasteiger partial charge in [0.25, 0.3) is 0 Å². The van der Waals surface area contributed by atoms with Crippen LogP contribution in [-0.4, -0.2) is 14.8 Å². The number of aromatic nitrogens is 3. The lowest BCUT2D eigenvalue weighted by molar-refractivity contribution is 0.301. The minimum absolute atomic E-state index is 0.554. The number of nitrogens with zero attached hydrogens (tertiary/aromatic N) is 3. The molecule has 5 heteroatoms. The Bertz CT molecular complexity index is 1100. The molecular weight excluding hydrogens is 354 g/mol. The van der Waals surface area contributed by atoms with Gasteiger partial charge in [-0.05, 0) is 30.3 Å². The zero-order valence-corrected chi connectivity index (χ0v) is 14.0. The van der Waals surface area contributed by atoms with E-state index in [2.05, 4.69) is 45.3 Å². The second kappa shape index (κ2) is 4.55. The smallest absolute Gasteiger partial charge is 0.129 e. The van der Waals surface area contributed by atoms with Crippen molar-refractivity contribution < 1.29 is 4.74 Å². The molecule has 5 rings (SSSR count). The summed E-state index contributed by atoms with van der Waals surface area (Å²) >= 11 is 3.54. The SMILES string of the molecule is Cn1ncc2c3nc4c(cc3ccc21)COc1ccc(Br)cc1-4. The lowest BCUT2D eigenvalue weighted by Crippen LogP contribution is -2.07. The minimum atomic E-state index is 0.554. The van der Waals surface area contributed by atoms with Gasteiger partial charge < -0.3 is 4.74 Å². The third-order valence-corrected chi connectivity index (χ3v) is 4.86. The van der Waals surface area contributed by atoms with Crippen molar-refractivity contribution in [3.63, 3.8) is 0 Å². The molecule has 0 spiro atoms. The summed E-state index contributed by atoms with van der Waals surface area (Å²) in [5, 5.41) is 6.56. The van der Waals surface area contributed by atoms with Crippen LogP contribution in [0.4, 0.5) is 0 Å². The normalized spacial score (nSPS) is 13.0. The van der Waals surface area contributed by atoms with Gasteiger partial charge in [0.1, 0.15) is 12.4 Å². The first-order valence-electron chi connectivity index (χ1n) is 7.38. The van der Waals surface area contributed by atoms with Crippen molar-refractivity contribution in [3.05, 3.63) is 52.6 Å². The van der Waals surface area contributed by atoms with Crippen LogP contribution in [0.3, 0.4) is 0 Å². The van der Waals surface area contributed by atoms with Crippen molar-refractivity contribution >= 4 is 37.7 Å². The maximum absolute atomic E-state index is 5.87. The largest absolute Gasteiger partial charge is 0.488 e. The summed E-state index contributed by atoms with van der Waals surface area (Å²) in [7, 11) is 1.95. The van der Waals surface area contributed by atoms with Gasteiger partial charge in [-0.2, -0.15) is 5.10 Å². The zero-order chi connectivity index (χ0) is 15.6. The van der Waals surface area contributed by atoms with Crippen LogP contribution in [0.15, 0.2) is 47.1 Å². The van der Waals surface area contributed by atoms with Crippen molar-refractivity contribution in [3.8, 4) is 17.0 Å². The van der Waals surface area contributed by atoms with Crippen LogP contribution >= 0.6 is 15.9 Å². The molecule has 3 heterocycles. The van der Waals surface area contributed by atoms with E-state index >= 15 is 0 Å². The molecule has 2 aromatic carbocycles. The second-order valence-corrected chi connectivity index (χ2v) is 6.68. The average Bonchev–Trinajstić information content (AvgIpc) is 2.94. The summed E-state index contributed by atoms with van der Waals surface area (Å²) in [5.74, 6) is 0.880. The number of rotatable bonds is 0. The molecule has 0 bridgehead atoms. The van der Waals surface area contributed by atoms with Crippen LogP contribution in [0.25, 0.3) is 33.1 Å². The van der Waals surface area contributed by atoms with E-state index < -0.39 is 0 Å². The Morgan fingerprint density at radius 1 is 1.17 bits per heavy atom. The van der Waals surface area contributed by atoms with Crippen LogP contribution < -0.4 is 4.74 Å². The number of ether oxygens (including phenoxy) is 1. The van der Waals surface area contributed by atoms with Crippen LogP contribution in [0, 0.1) is 0 Å². The van der Waals surface area contributed by atoms with Crippen molar-refractivity contribution in [2.45, 2.75) is 6.61 Å². The highest BCUT2D eigenvalue weighted by atomic mass is 79.9. The first-order chi connectivity index (χ1) is 11.2. The van der Waals surface area contributed by atoms with Crippen molar-refractivity contribution in [2.24, 2.45) is 7.05 Å². The van der Waals surface area contributed by atoms with E-state index in [-0.39, 0.29) is 0 Å². The monoisotopic (exact) mass is 365 g/mol. The molecular formula is C18H12BrN3O. The molecule has 1 aliphatic heterocycles. The first kappa shape index (κ1) is 13.1. The Kier molecular flexibility index (Phi) is 2.59. The number of halogens is 1. The van der Waals surface area contributed by atoms with Crippen LogP contribution in [0.5, 0.6) is 5.75 Å². The number of fused-ring (bicyclic) bond motifs is 6. The second-order valence-electron chi connectivity index (χ2n) is 5.76. The predicted molar refractivity (Wildman–Crippen MR) is 93.5 cm³/mol. The third-order valence-electron chi connectivity index (χ3n) is 4.37. The van der Waals surface area contributed by atoms with Gasteiger partial charge in [0.15, 0.2) is 0 Å². The molecule has 0 N–H and O–H groups in total. The van der Waals surface area contributed by atoms with E-state index in [0.717, 1.165) is 48.8 Å². The molecule has 23 heavy (non-hydrogen) atoms. The molecule has 0 fully saturated rings. The maximum atomic E-state index is 5.87. The first-order valence-corrected chi connectivity index (χ1v) is 8.17. The predicted octanol–water partition coefficient (Wildman–Crippen LogP) is 4.44. The summed E-state index contributed by atoms with van der Waals surface area (Å²) in [4.78, 5) is 4.99. The van der Waals surface area contributed by atoms with E-state index in [1.807, 2.05) is 30.1 Å². The number of aryl methyl sites for hydroxylation is 1. The van der Waals surface area contributed by atoms with Gasteiger partial charge >= 0.3 is 0 Å². The Morgan fingerprint density at radius 3 is 3.00 bits per heavy atom. The van der Waals surface area contributed by atoms with E-state index in [1.54, 1.807) is 0 Å². The molecule has 0 radical (unpaired) electrons. The van der Waals surface area contributed by atoms with Crippen LogP contribution in [0.2, 0.25) is 0 Å². The quantitative estimate of drug-likeness (QED) is 0.462. The summed E-state index contributed by atoms with van der Waals surface area (Å²) in [5.41, 5.74) is 5.22. The summed E-state index contributed by atoms with van der Waals surface area (Å²) in [6.07, 6.45) is 1.89. The molecule has 2 aromatic heterocycles. The van der Waals surface area contributed by atoms with E-state index in [1.165, 1.54) is 0 Å². The molecule has 0 atom stereocenters. The number of hydrogen-bond donors (Lipinski definition) is 0. The molecule has 4 nitrogen and oxygen atoms in total. The number of hydrogen-bond acceptors (Lipinski definition) is 3. The Morgan fingerprint density at radius 2 is 2.09 bits per heavy atom. The van der Waals surface area contributed by atoms with E-state index in [0.29, 0.717) is 6.61 Å². The zero-order valence-electron chi connectivity index (χ0n) is 12.4. The third kappa shape index (κ3) is 1.83. The standard InChI is InChI=1S/C18H12BrN3O/c1-22-15-4-2-10-6-11-9-23-16-5-3-12(19)7-13(16)18(11)21-17(10)14(15)8-20-22/h2-8H,9H2,1H3. The van der Waals surface area contributed by atoms with Crippen molar-refractivity contribution in [1.82, 2.24) is 14.8 Å². The Hall–Kier alpha value is -2.40. The van der Waals surface area contributed by atoms with E-state index in [4.69, 9.17) is 9.72 Å². The highest BCUT2D eigenvalue weighted by Crippen LogP contribution is 2.39. The van der Waals surface area contributed by atoms with Gasteiger partial charge in [-0.1, -0.05) is 22.0 Å². The molecule has 0 unspecified atom stereocenters. The Balaban J connectivity index is 1.89. The number of pyridine rings is 1.